The molecule has 1 aliphatic rings. The molecule has 0 bridgehead atoms. The van der Waals surface area contributed by atoms with Gasteiger partial charge in [0.05, 0.1) is 6.04 Å². The van der Waals surface area contributed by atoms with Gasteiger partial charge in [-0.3, -0.25) is 4.79 Å². The molecule has 4 nitrogen and oxygen atoms in total. The fourth-order valence-corrected chi connectivity index (χ4v) is 4.33. The third-order valence-electron chi connectivity index (χ3n) is 5.60. The second-order valence-electron chi connectivity index (χ2n) is 8.01. The molecular formula is C26H27N3OS. The van der Waals surface area contributed by atoms with Gasteiger partial charge in [-0.15, -0.1) is 0 Å². The number of anilines is 2. The molecule has 3 aromatic carbocycles. The molecule has 3 aromatic rings. The molecule has 1 fully saturated rings. The summed E-state index contributed by atoms with van der Waals surface area (Å²) in [4.78, 5) is 14.0. The number of rotatable bonds is 5. The molecule has 0 aliphatic carbocycles. The fourth-order valence-electron chi connectivity index (χ4n) is 4.09. The first kappa shape index (κ1) is 21.1. The lowest BCUT2D eigenvalue weighted by molar-refractivity contribution is -0.117. The Morgan fingerprint density at radius 2 is 1.74 bits per heavy atom. The van der Waals surface area contributed by atoms with Crippen molar-refractivity contribution >= 4 is 34.6 Å². The summed E-state index contributed by atoms with van der Waals surface area (Å²) >= 11 is 5.66. The van der Waals surface area contributed by atoms with E-state index < -0.39 is 0 Å². The monoisotopic (exact) mass is 429 g/mol. The van der Waals surface area contributed by atoms with E-state index in [0.717, 1.165) is 41.0 Å². The summed E-state index contributed by atoms with van der Waals surface area (Å²) in [6.07, 6.45) is 1.55. The van der Waals surface area contributed by atoms with Crippen molar-refractivity contribution in [3.63, 3.8) is 0 Å². The first-order valence-electron chi connectivity index (χ1n) is 10.6. The van der Waals surface area contributed by atoms with Gasteiger partial charge in [0.2, 0.25) is 5.91 Å². The summed E-state index contributed by atoms with van der Waals surface area (Å²) in [6, 6.07) is 24.7. The van der Waals surface area contributed by atoms with Crippen LogP contribution in [0.15, 0.2) is 72.8 Å². The predicted molar refractivity (Wildman–Crippen MR) is 132 cm³/mol. The Kier molecular flexibility index (Phi) is 6.33. The Morgan fingerprint density at radius 1 is 0.968 bits per heavy atom. The topological polar surface area (TPSA) is 44.4 Å². The van der Waals surface area contributed by atoms with E-state index in [-0.39, 0.29) is 11.9 Å². The van der Waals surface area contributed by atoms with E-state index in [1.807, 2.05) is 48.2 Å². The molecule has 4 rings (SSSR count). The molecule has 1 atom stereocenters. The number of hydrogen-bond donors (Lipinski definition) is 2. The molecule has 2 N–H and O–H groups in total. The third kappa shape index (κ3) is 4.94. The second kappa shape index (κ2) is 9.31. The highest BCUT2D eigenvalue weighted by atomic mass is 32.1. The summed E-state index contributed by atoms with van der Waals surface area (Å²) < 4.78 is 0. The van der Waals surface area contributed by atoms with Gasteiger partial charge < -0.3 is 15.5 Å². The van der Waals surface area contributed by atoms with Gasteiger partial charge in [0.25, 0.3) is 0 Å². The quantitative estimate of drug-likeness (QED) is 0.525. The Balaban J connectivity index is 1.52. The minimum Gasteiger partial charge on any atom is -0.352 e. The number of hydrogen-bond acceptors (Lipinski definition) is 2. The number of nitrogens with one attached hydrogen (secondary N) is 2. The summed E-state index contributed by atoms with van der Waals surface area (Å²) in [5.41, 5.74) is 6.46. The van der Waals surface area contributed by atoms with Crippen LogP contribution in [0.2, 0.25) is 0 Å². The maximum Gasteiger partial charge on any atom is 0.227 e. The van der Waals surface area contributed by atoms with Gasteiger partial charge in [-0.1, -0.05) is 60.2 Å². The van der Waals surface area contributed by atoms with Crippen LogP contribution in [-0.4, -0.2) is 17.6 Å². The van der Waals surface area contributed by atoms with Crippen LogP contribution in [-0.2, 0) is 4.79 Å². The first-order chi connectivity index (χ1) is 15.0. The van der Waals surface area contributed by atoms with Crippen LogP contribution < -0.4 is 15.5 Å². The SMILES string of the molecule is Cc1cccc([C@H](NC(=S)Nc2ccc(N3CCCC3=O)c(C)c2)c2ccccc2)c1. The number of nitrogens with zero attached hydrogens (tertiary/aromatic N) is 1. The highest BCUT2D eigenvalue weighted by Gasteiger charge is 2.23. The molecule has 0 aromatic heterocycles. The molecule has 1 aliphatic heterocycles. The van der Waals surface area contributed by atoms with Crippen molar-refractivity contribution in [1.29, 1.82) is 0 Å². The van der Waals surface area contributed by atoms with Crippen LogP contribution in [0.3, 0.4) is 0 Å². The van der Waals surface area contributed by atoms with E-state index in [1.54, 1.807) is 0 Å². The second-order valence-corrected chi connectivity index (χ2v) is 8.41. The molecule has 31 heavy (non-hydrogen) atoms. The lowest BCUT2D eigenvalue weighted by Gasteiger charge is -2.23. The number of thiocarbonyl (C=S) groups is 1. The minimum atomic E-state index is -0.0521. The van der Waals surface area contributed by atoms with Gasteiger partial charge in [-0.25, -0.2) is 0 Å². The molecule has 0 radical (unpaired) electrons. The lowest BCUT2D eigenvalue weighted by atomic mass is 9.97. The van der Waals surface area contributed by atoms with Crippen molar-refractivity contribution < 1.29 is 4.79 Å². The van der Waals surface area contributed by atoms with Crippen molar-refractivity contribution in [2.24, 2.45) is 0 Å². The van der Waals surface area contributed by atoms with E-state index in [2.05, 4.69) is 54.0 Å². The van der Waals surface area contributed by atoms with E-state index in [0.29, 0.717) is 11.5 Å². The first-order valence-corrected chi connectivity index (χ1v) is 11.0. The molecule has 0 unspecified atom stereocenters. The molecular weight excluding hydrogens is 402 g/mol. The van der Waals surface area contributed by atoms with Gasteiger partial charge in [0.15, 0.2) is 5.11 Å². The van der Waals surface area contributed by atoms with Crippen molar-refractivity contribution in [3.8, 4) is 0 Å². The zero-order valence-corrected chi connectivity index (χ0v) is 18.7. The Bertz CT molecular complexity index is 1100. The number of carbonyl (C=O) groups excluding carboxylic acids is 1. The molecule has 0 spiro atoms. The largest absolute Gasteiger partial charge is 0.352 e. The van der Waals surface area contributed by atoms with Crippen LogP contribution in [0.5, 0.6) is 0 Å². The highest BCUT2D eigenvalue weighted by molar-refractivity contribution is 7.80. The Labute approximate surface area is 189 Å². The lowest BCUT2D eigenvalue weighted by Crippen LogP contribution is -2.33. The highest BCUT2D eigenvalue weighted by Crippen LogP contribution is 2.28. The predicted octanol–water partition coefficient (Wildman–Crippen LogP) is 5.51. The standard InChI is InChI=1S/C26H27N3OS/c1-18-8-6-11-21(16-18)25(20-9-4-3-5-10-20)28-26(31)27-22-13-14-23(19(2)17-22)29-15-7-12-24(29)30/h3-6,8-11,13-14,16-17,25H,7,12,15H2,1-2H3,(H2,27,28,31)/t25-/m1/s1. The van der Waals surface area contributed by atoms with Gasteiger partial charge in [0.1, 0.15) is 0 Å². The zero-order valence-electron chi connectivity index (χ0n) is 17.9. The smallest absolute Gasteiger partial charge is 0.227 e. The summed E-state index contributed by atoms with van der Waals surface area (Å²) in [6.45, 7) is 4.92. The molecule has 1 amide bonds. The average Bonchev–Trinajstić information content (AvgIpc) is 3.18. The van der Waals surface area contributed by atoms with E-state index in [4.69, 9.17) is 12.2 Å². The maximum absolute atomic E-state index is 12.1. The van der Waals surface area contributed by atoms with Crippen LogP contribution in [0.4, 0.5) is 11.4 Å². The summed E-state index contributed by atoms with van der Waals surface area (Å²) in [7, 11) is 0. The minimum absolute atomic E-state index is 0.0521. The fraction of sp³-hybridized carbons (Fsp3) is 0.231. The third-order valence-corrected chi connectivity index (χ3v) is 5.82. The zero-order chi connectivity index (χ0) is 21.8. The van der Waals surface area contributed by atoms with Crippen LogP contribution in [0, 0.1) is 13.8 Å². The van der Waals surface area contributed by atoms with Gasteiger partial charge >= 0.3 is 0 Å². The normalized spacial score (nSPS) is 14.4. The van der Waals surface area contributed by atoms with E-state index >= 15 is 0 Å². The van der Waals surface area contributed by atoms with Gasteiger partial charge in [-0.2, -0.15) is 0 Å². The van der Waals surface area contributed by atoms with Crippen LogP contribution >= 0.6 is 12.2 Å². The van der Waals surface area contributed by atoms with E-state index in [9.17, 15) is 4.79 Å². The Hall–Kier alpha value is -3.18. The average molecular weight is 430 g/mol. The summed E-state index contributed by atoms with van der Waals surface area (Å²) in [5, 5.41) is 7.35. The molecule has 158 valence electrons. The van der Waals surface area contributed by atoms with Crippen molar-refractivity contribution in [3.05, 3.63) is 95.1 Å². The maximum atomic E-state index is 12.1. The number of aryl methyl sites for hydroxylation is 2. The van der Waals surface area contributed by atoms with Crippen LogP contribution in [0.1, 0.15) is 41.1 Å². The molecule has 1 saturated heterocycles. The molecule has 1 heterocycles. The summed E-state index contributed by atoms with van der Waals surface area (Å²) in [5.74, 6) is 0.199. The van der Waals surface area contributed by atoms with Crippen molar-refractivity contribution in [2.75, 3.05) is 16.8 Å². The van der Waals surface area contributed by atoms with E-state index in [1.165, 1.54) is 5.56 Å². The van der Waals surface area contributed by atoms with Crippen LogP contribution in [0.25, 0.3) is 0 Å². The molecule has 0 saturated carbocycles. The van der Waals surface area contributed by atoms with Gasteiger partial charge in [-0.05, 0) is 67.4 Å². The van der Waals surface area contributed by atoms with Crippen molar-refractivity contribution in [1.82, 2.24) is 5.32 Å². The van der Waals surface area contributed by atoms with Gasteiger partial charge in [0, 0.05) is 24.3 Å². The molecule has 5 heteroatoms. The van der Waals surface area contributed by atoms with Crippen molar-refractivity contribution in [2.45, 2.75) is 32.7 Å². The number of amides is 1. The number of benzene rings is 3. The Morgan fingerprint density at radius 3 is 2.42 bits per heavy atom. The number of carbonyl (C=O) groups is 1.